The van der Waals surface area contributed by atoms with Crippen molar-refractivity contribution in [2.75, 3.05) is 12.9 Å². The van der Waals surface area contributed by atoms with E-state index >= 15 is 0 Å². The van der Waals surface area contributed by atoms with Crippen LogP contribution in [0, 0.1) is 6.92 Å². The molecular weight excluding hydrogens is 390 g/mol. The van der Waals surface area contributed by atoms with Crippen LogP contribution in [0.25, 0.3) is 22.4 Å². The van der Waals surface area contributed by atoms with Crippen LogP contribution in [0.5, 0.6) is 5.75 Å². The van der Waals surface area contributed by atoms with Gasteiger partial charge >= 0.3 is 0 Å². The van der Waals surface area contributed by atoms with Gasteiger partial charge in [-0.3, -0.25) is 9.78 Å². The van der Waals surface area contributed by atoms with Crippen LogP contribution in [0.15, 0.2) is 49.9 Å². The number of ether oxygens (including phenoxy) is 1. The smallest absolute Gasteiger partial charge is 0.252 e. The predicted octanol–water partition coefficient (Wildman–Crippen LogP) is 2.99. The molecule has 8 heteroatoms. The molecule has 1 amide bonds. The Bertz CT molecular complexity index is 1260. The van der Waals surface area contributed by atoms with E-state index in [-0.39, 0.29) is 12.2 Å². The van der Waals surface area contributed by atoms with Gasteiger partial charge in [0.2, 0.25) is 10.0 Å². The minimum absolute atomic E-state index is 0.0437. The maximum Gasteiger partial charge on any atom is 0.252 e. The van der Waals surface area contributed by atoms with E-state index in [2.05, 4.69) is 18.1 Å². The van der Waals surface area contributed by atoms with E-state index in [1.807, 2.05) is 0 Å². The number of fused-ring (bicyclic) bond motifs is 1. The summed E-state index contributed by atoms with van der Waals surface area (Å²) in [5.74, 6) is -0.300. The molecule has 0 aliphatic rings. The molecule has 1 aromatic carbocycles. The molecule has 3 aromatic rings. The minimum atomic E-state index is -3.49. The lowest BCUT2D eigenvalue weighted by Crippen LogP contribution is -2.14. The summed E-state index contributed by atoms with van der Waals surface area (Å²) < 4.78 is 31.0. The highest BCUT2D eigenvalue weighted by atomic mass is 32.2. The number of primary amides is 1. The number of aromatic nitrogens is 2. The van der Waals surface area contributed by atoms with Gasteiger partial charge in [0.25, 0.3) is 5.91 Å². The summed E-state index contributed by atoms with van der Waals surface area (Å²) >= 11 is 0. The Morgan fingerprint density at radius 2 is 2.03 bits per heavy atom. The lowest BCUT2D eigenvalue weighted by Gasteiger charge is -2.12. The third-order valence-corrected chi connectivity index (χ3v) is 5.63. The molecule has 0 atom stereocenters. The monoisotopic (exact) mass is 411 g/mol. The van der Waals surface area contributed by atoms with Gasteiger partial charge in [0, 0.05) is 29.5 Å². The van der Waals surface area contributed by atoms with Crippen molar-refractivity contribution in [1.29, 1.82) is 0 Å². The van der Waals surface area contributed by atoms with Crippen molar-refractivity contribution in [3.05, 3.63) is 72.3 Å². The highest BCUT2D eigenvalue weighted by Crippen LogP contribution is 2.29. The van der Waals surface area contributed by atoms with Gasteiger partial charge < -0.3 is 10.5 Å². The average Bonchev–Trinajstić information content (AvgIpc) is 3.02. The third-order valence-electron chi connectivity index (χ3n) is 4.61. The summed E-state index contributed by atoms with van der Waals surface area (Å²) in [4.78, 5) is 15.9. The van der Waals surface area contributed by atoms with Crippen LogP contribution in [0.1, 0.15) is 27.2 Å². The fourth-order valence-corrected chi connectivity index (χ4v) is 4.00. The second-order valence-corrected chi connectivity index (χ2v) is 8.50. The third kappa shape index (κ3) is 3.93. The summed E-state index contributed by atoms with van der Waals surface area (Å²) in [7, 11) is -3.49. The number of benzene rings is 1. The van der Waals surface area contributed by atoms with Gasteiger partial charge in [0.1, 0.15) is 12.4 Å². The molecule has 7 nitrogen and oxygen atoms in total. The summed E-state index contributed by atoms with van der Waals surface area (Å²) in [6.45, 7) is 9.54. The quantitative estimate of drug-likeness (QED) is 0.644. The highest BCUT2D eigenvalue weighted by Gasteiger charge is 2.19. The second kappa shape index (κ2) is 7.56. The normalized spacial score (nSPS) is 11.4. The van der Waals surface area contributed by atoms with E-state index in [1.165, 1.54) is 12.3 Å². The summed E-state index contributed by atoms with van der Waals surface area (Å²) in [5, 5.41) is 1.61. The number of pyridine rings is 1. The van der Waals surface area contributed by atoms with Gasteiger partial charge in [-0.15, -0.1) is 0 Å². The molecule has 0 radical (unpaired) electrons. The largest absolute Gasteiger partial charge is 0.488 e. The van der Waals surface area contributed by atoms with Crippen LogP contribution in [0.3, 0.4) is 0 Å². The molecule has 0 spiro atoms. The van der Waals surface area contributed by atoms with Gasteiger partial charge in [-0.2, -0.15) is 0 Å². The Morgan fingerprint density at radius 1 is 1.31 bits per heavy atom. The van der Waals surface area contributed by atoms with Gasteiger partial charge in [0.15, 0.2) is 0 Å². The first kappa shape index (κ1) is 20.3. The molecule has 0 saturated heterocycles. The summed E-state index contributed by atoms with van der Waals surface area (Å²) in [6, 6.07) is 5.15. The molecule has 150 valence electrons. The zero-order valence-corrected chi connectivity index (χ0v) is 17.0. The van der Waals surface area contributed by atoms with Crippen molar-refractivity contribution in [2.45, 2.75) is 6.92 Å². The van der Waals surface area contributed by atoms with E-state index in [0.29, 0.717) is 22.6 Å². The number of rotatable bonds is 7. The van der Waals surface area contributed by atoms with Gasteiger partial charge in [-0.25, -0.2) is 12.4 Å². The molecule has 2 heterocycles. The fourth-order valence-electron chi connectivity index (χ4n) is 3.13. The number of amides is 1. The van der Waals surface area contributed by atoms with Crippen molar-refractivity contribution in [1.82, 2.24) is 8.96 Å². The van der Waals surface area contributed by atoms with E-state index in [1.54, 1.807) is 37.5 Å². The number of carbonyl (C=O) groups excluding carboxylic acids is 1. The Balaban J connectivity index is 1.94. The van der Waals surface area contributed by atoms with Crippen LogP contribution in [0.2, 0.25) is 0 Å². The lowest BCUT2D eigenvalue weighted by atomic mass is 10.1. The maximum atomic E-state index is 12.0. The first-order chi connectivity index (χ1) is 13.6. The Morgan fingerprint density at radius 3 is 2.62 bits per heavy atom. The van der Waals surface area contributed by atoms with Gasteiger partial charge in [0.05, 0.1) is 17.5 Å². The molecule has 29 heavy (non-hydrogen) atoms. The Kier molecular flexibility index (Phi) is 5.30. The zero-order valence-electron chi connectivity index (χ0n) is 16.2. The lowest BCUT2D eigenvalue weighted by molar-refractivity contribution is 0.0997. The van der Waals surface area contributed by atoms with Crippen LogP contribution in [-0.2, 0) is 10.0 Å². The van der Waals surface area contributed by atoms with Crippen molar-refractivity contribution >= 4 is 38.4 Å². The molecule has 3 rings (SSSR count). The molecule has 0 unspecified atom stereocenters. The minimum Gasteiger partial charge on any atom is -0.488 e. The first-order valence-corrected chi connectivity index (χ1v) is 10.5. The molecule has 2 N–H and O–H groups in total. The van der Waals surface area contributed by atoms with Gasteiger partial charge in [-0.05, 0) is 47.7 Å². The van der Waals surface area contributed by atoms with Crippen molar-refractivity contribution < 1.29 is 17.9 Å². The molecule has 0 fully saturated rings. The summed E-state index contributed by atoms with van der Waals surface area (Å²) in [5.41, 5.74) is 8.11. The molecule has 0 saturated carbocycles. The van der Waals surface area contributed by atoms with Crippen LogP contribution < -0.4 is 10.5 Å². The zero-order chi connectivity index (χ0) is 21.3. The average molecular weight is 411 g/mol. The molecule has 0 bridgehead atoms. The van der Waals surface area contributed by atoms with Crippen molar-refractivity contribution in [2.24, 2.45) is 5.73 Å². The predicted molar refractivity (Wildman–Crippen MR) is 114 cm³/mol. The van der Waals surface area contributed by atoms with Crippen molar-refractivity contribution in [3.63, 3.8) is 0 Å². The number of nitrogens with two attached hydrogens (primary N) is 1. The maximum absolute atomic E-state index is 12.0. The van der Waals surface area contributed by atoms with Gasteiger partial charge in [-0.1, -0.05) is 13.2 Å². The first-order valence-electron chi connectivity index (χ1n) is 8.67. The molecule has 2 aromatic heterocycles. The van der Waals surface area contributed by atoms with Crippen LogP contribution in [-0.4, -0.2) is 36.1 Å². The highest BCUT2D eigenvalue weighted by molar-refractivity contribution is 7.89. The fraction of sp³-hybridized carbons (Fsp3) is 0.143. The summed E-state index contributed by atoms with van der Waals surface area (Å²) in [6.07, 6.45) is 7.37. The standard InChI is InChI=1S/C21H21N3O4S/c1-5-19-14(3)18(11-24(19)29(4,26)27)13(2)12-28-20-9-15-6-7-23-10-16(15)8-17(20)21(22)25/h5-11H,1-2,12H2,3-4H3,(H2,22,25). The van der Waals surface area contributed by atoms with Crippen molar-refractivity contribution in [3.8, 4) is 5.75 Å². The molecule has 0 aliphatic heterocycles. The van der Waals surface area contributed by atoms with E-state index < -0.39 is 15.9 Å². The Labute approximate surface area is 169 Å². The van der Waals surface area contributed by atoms with E-state index in [4.69, 9.17) is 10.5 Å². The molecular formula is C21H21N3O4S. The van der Waals surface area contributed by atoms with E-state index in [0.717, 1.165) is 26.6 Å². The second-order valence-electron chi connectivity index (χ2n) is 6.64. The Hall–Kier alpha value is -3.39. The number of hydrogen-bond donors (Lipinski definition) is 1. The number of hydrogen-bond acceptors (Lipinski definition) is 5. The number of carbonyl (C=O) groups is 1. The van der Waals surface area contributed by atoms with Crippen LogP contribution in [0.4, 0.5) is 0 Å². The topological polar surface area (TPSA) is 104 Å². The van der Waals surface area contributed by atoms with E-state index in [9.17, 15) is 13.2 Å². The van der Waals surface area contributed by atoms with Crippen LogP contribution >= 0.6 is 0 Å². The molecule has 0 aliphatic carbocycles. The SMILES string of the molecule is C=Cc1c(C)c(C(=C)COc2cc3ccncc3cc2C(N)=O)cn1S(C)(=O)=O. The number of nitrogens with zero attached hydrogens (tertiary/aromatic N) is 2.